The van der Waals surface area contributed by atoms with E-state index in [4.69, 9.17) is 13.9 Å². The molecule has 146 valence electrons. The van der Waals surface area contributed by atoms with Crippen LogP contribution >= 0.6 is 0 Å². The number of aromatic nitrogens is 3. The molecular formula is C20H22N4O4. The smallest absolute Gasteiger partial charge is 0.266 e. The van der Waals surface area contributed by atoms with E-state index in [0.29, 0.717) is 48.4 Å². The van der Waals surface area contributed by atoms with Crippen LogP contribution < -0.4 is 14.8 Å². The number of ether oxygens (including phenoxy) is 2. The second-order valence-corrected chi connectivity index (χ2v) is 6.01. The molecule has 0 saturated heterocycles. The summed E-state index contributed by atoms with van der Waals surface area (Å²) in [5, 5.41) is 10.8. The third kappa shape index (κ3) is 5.06. The van der Waals surface area contributed by atoms with Gasteiger partial charge in [0.15, 0.2) is 11.5 Å². The number of pyridine rings is 1. The normalized spacial score (nSPS) is 10.5. The molecule has 0 aliphatic rings. The highest BCUT2D eigenvalue weighted by Crippen LogP contribution is 2.27. The van der Waals surface area contributed by atoms with Crippen LogP contribution in [-0.2, 0) is 17.6 Å². The highest BCUT2D eigenvalue weighted by Gasteiger charge is 2.11. The Morgan fingerprint density at radius 2 is 1.93 bits per heavy atom. The van der Waals surface area contributed by atoms with Crippen LogP contribution in [0.4, 0.5) is 0 Å². The zero-order chi connectivity index (χ0) is 19.8. The van der Waals surface area contributed by atoms with Gasteiger partial charge in [-0.25, -0.2) is 0 Å². The average molecular weight is 382 g/mol. The maximum Gasteiger partial charge on any atom is 0.266 e. The molecule has 3 rings (SSSR count). The van der Waals surface area contributed by atoms with Crippen LogP contribution in [0.2, 0.25) is 0 Å². The van der Waals surface area contributed by atoms with Gasteiger partial charge in [0, 0.05) is 25.6 Å². The Morgan fingerprint density at radius 1 is 1.07 bits per heavy atom. The molecular weight excluding hydrogens is 360 g/mol. The van der Waals surface area contributed by atoms with Gasteiger partial charge in [0.05, 0.1) is 14.2 Å². The van der Waals surface area contributed by atoms with Crippen molar-refractivity contribution in [3.63, 3.8) is 0 Å². The molecule has 1 N–H and O–H groups in total. The number of carbonyl (C=O) groups excluding carboxylic acids is 1. The standard InChI is InChI=1S/C20H22N4O4/c1-26-16-7-6-14(13-17(16)27-2)10-12-22-18(25)8-9-19-23-24-20(28-19)15-5-3-4-11-21-15/h3-7,11,13H,8-10,12H2,1-2H3,(H,22,25). The first-order valence-corrected chi connectivity index (χ1v) is 8.91. The molecule has 1 amide bonds. The van der Waals surface area contributed by atoms with Crippen LogP contribution in [0, 0.1) is 0 Å². The van der Waals surface area contributed by atoms with Crippen molar-refractivity contribution in [1.29, 1.82) is 0 Å². The Bertz CT molecular complexity index is 912. The molecule has 0 aliphatic heterocycles. The van der Waals surface area contributed by atoms with E-state index in [9.17, 15) is 4.79 Å². The van der Waals surface area contributed by atoms with Gasteiger partial charge < -0.3 is 19.2 Å². The summed E-state index contributed by atoms with van der Waals surface area (Å²) in [7, 11) is 3.20. The van der Waals surface area contributed by atoms with Gasteiger partial charge in [-0.05, 0) is 36.2 Å². The molecule has 28 heavy (non-hydrogen) atoms. The topological polar surface area (TPSA) is 99.4 Å². The van der Waals surface area contributed by atoms with E-state index in [1.165, 1.54) is 0 Å². The summed E-state index contributed by atoms with van der Waals surface area (Å²) in [6, 6.07) is 11.2. The number of nitrogens with zero attached hydrogens (tertiary/aromatic N) is 3. The molecule has 0 aliphatic carbocycles. The van der Waals surface area contributed by atoms with Crippen LogP contribution in [0.25, 0.3) is 11.6 Å². The minimum absolute atomic E-state index is 0.0712. The lowest BCUT2D eigenvalue weighted by Crippen LogP contribution is -2.25. The molecule has 0 spiro atoms. The molecule has 2 heterocycles. The molecule has 0 bridgehead atoms. The number of amides is 1. The summed E-state index contributed by atoms with van der Waals surface area (Å²) in [5.74, 6) is 2.05. The molecule has 8 nitrogen and oxygen atoms in total. The van der Waals surface area contributed by atoms with E-state index in [0.717, 1.165) is 5.56 Å². The van der Waals surface area contributed by atoms with E-state index in [1.807, 2.05) is 30.3 Å². The highest BCUT2D eigenvalue weighted by atomic mass is 16.5. The molecule has 3 aromatic rings. The lowest BCUT2D eigenvalue weighted by molar-refractivity contribution is -0.121. The van der Waals surface area contributed by atoms with Crippen molar-refractivity contribution in [2.45, 2.75) is 19.3 Å². The highest BCUT2D eigenvalue weighted by molar-refractivity contribution is 5.76. The minimum atomic E-state index is -0.0712. The van der Waals surface area contributed by atoms with Crippen molar-refractivity contribution in [3.8, 4) is 23.1 Å². The van der Waals surface area contributed by atoms with Gasteiger partial charge in [-0.15, -0.1) is 10.2 Å². The van der Waals surface area contributed by atoms with Gasteiger partial charge in [0.25, 0.3) is 5.89 Å². The van der Waals surface area contributed by atoms with E-state index < -0.39 is 0 Å². The molecule has 0 fully saturated rings. The maximum absolute atomic E-state index is 12.0. The quantitative estimate of drug-likeness (QED) is 0.607. The lowest BCUT2D eigenvalue weighted by Gasteiger charge is -2.10. The third-order valence-corrected chi connectivity index (χ3v) is 4.10. The van der Waals surface area contributed by atoms with Crippen molar-refractivity contribution in [2.75, 3.05) is 20.8 Å². The number of nitrogens with one attached hydrogen (secondary N) is 1. The average Bonchev–Trinajstić information content (AvgIpc) is 3.22. The predicted molar refractivity (Wildman–Crippen MR) is 102 cm³/mol. The van der Waals surface area contributed by atoms with Crippen LogP contribution in [0.1, 0.15) is 17.9 Å². The van der Waals surface area contributed by atoms with Crippen LogP contribution in [-0.4, -0.2) is 41.9 Å². The van der Waals surface area contributed by atoms with Crippen LogP contribution in [0.15, 0.2) is 47.0 Å². The molecule has 0 radical (unpaired) electrons. The number of benzene rings is 1. The number of hydrogen-bond donors (Lipinski definition) is 1. The monoisotopic (exact) mass is 382 g/mol. The number of carbonyl (C=O) groups is 1. The van der Waals surface area contributed by atoms with Gasteiger partial charge in [-0.3, -0.25) is 9.78 Å². The van der Waals surface area contributed by atoms with E-state index in [2.05, 4.69) is 20.5 Å². The van der Waals surface area contributed by atoms with E-state index in [1.54, 1.807) is 26.5 Å². The Balaban J connectivity index is 1.43. The molecule has 1 aromatic carbocycles. The lowest BCUT2D eigenvalue weighted by atomic mass is 10.1. The summed E-state index contributed by atoms with van der Waals surface area (Å²) >= 11 is 0. The summed E-state index contributed by atoms with van der Waals surface area (Å²) in [4.78, 5) is 16.2. The summed E-state index contributed by atoms with van der Waals surface area (Å²) in [5.41, 5.74) is 1.66. The molecule has 8 heteroatoms. The first-order valence-electron chi connectivity index (χ1n) is 8.91. The Hall–Kier alpha value is -3.42. The molecule has 2 aromatic heterocycles. The third-order valence-electron chi connectivity index (χ3n) is 4.10. The van der Waals surface area contributed by atoms with Gasteiger partial charge in [-0.2, -0.15) is 0 Å². The zero-order valence-corrected chi connectivity index (χ0v) is 15.8. The Kier molecular flexibility index (Phi) is 6.56. The molecule has 0 unspecified atom stereocenters. The first-order chi connectivity index (χ1) is 13.7. The second-order valence-electron chi connectivity index (χ2n) is 6.01. The van der Waals surface area contributed by atoms with Crippen LogP contribution in [0.3, 0.4) is 0 Å². The number of methoxy groups -OCH3 is 2. The fourth-order valence-electron chi connectivity index (χ4n) is 2.64. The Labute approximate surface area is 162 Å². The van der Waals surface area contributed by atoms with E-state index in [-0.39, 0.29) is 12.3 Å². The largest absolute Gasteiger partial charge is 0.493 e. The van der Waals surface area contributed by atoms with Crippen molar-refractivity contribution >= 4 is 5.91 Å². The Morgan fingerprint density at radius 3 is 2.68 bits per heavy atom. The summed E-state index contributed by atoms with van der Waals surface area (Å²) < 4.78 is 16.1. The van der Waals surface area contributed by atoms with Crippen molar-refractivity contribution in [3.05, 3.63) is 54.0 Å². The van der Waals surface area contributed by atoms with Crippen molar-refractivity contribution in [2.24, 2.45) is 0 Å². The number of aryl methyl sites for hydroxylation is 1. The number of hydrogen-bond acceptors (Lipinski definition) is 7. The SMILES string of the molecule is COc1ccc(CCNC(=O)CCc2nnc(-c3ccccn3)o2)cc1OC. The van der Waals surface area contributed by atoms with Gasteiger partial charge >= 0.3 is 0 Å². The van der Waals surface area contributed by atoms with Gasteiger partial charge in [0.1, 0.15) is 5.69 Å². The second kappa shape index (κ2) is 9.50. The zero-order valence-electron chi connectivity index (χ0n) is 15.8. The fourth-order valence-corrected chi connectivity index (χ4v) is 2.64. The van der Waals surface area contributed by atoms with Gasteiger partial charge in [-0.1, -0.05) is 12.1 Å². The van der Waals surface area contributed by atoms with Crippen LogP contribution in [0.5, 0.6) is 11.5 Å². The minimum Gasteiger partial charge on any atom is -0.493 e. The summed E-state index contributed by atoms with van der Waals surface area (Å²) in [6.45, 7) is 0.525. The summed E-state index contributed by atoms with van der Waals surface area (Å²) in [6.07, 6.45) is 3.00. The predicted octanol–water partition coefficient (Wildman–Crippen LogP) is 2.44. The van der Waals surface area contributed by atoms with Gasteiger partial charge in [0.2, 0.25) is 11.8 Å². The first kappa shape index (κ1) is 19.3. The molecule has 0 atom stereocenters. The number of rotatable bonds is 9. The van der Waals surface area contributed by atoms with E-state index >= 15 is 0 Å². The van der Waals surface area contributed by atoms with Crippen molar-refractivity contribution < 1.29 is 18.7 Å². The van der Waals surface area contributed by atoms with Crippen molar-refractivity contribution in [1.82, 2.24) is 20.5 Å². The molecule has 0 saturated carbocycles. The fraction of sp³-hybridized carbons (Fsp3) is 0.300. The maximum atomic E-state index is 12.0.